The van der Waals surface area contributed by atoms with E-state index < -0.39 is 0 Å². The Morgan fingerprint density at radius 3 is 2.52 bits per heavy atom. The number of halogens is 1. The van der Waals surface area contributed by atoms with Crippen molar-refractivity contribution in [3.63, 3.8) is 0 Å². The Morgan fingerprint density at radius 2 is 1.87 bits per heavy atom. The molecule has 1 fully saturated rings. The van der Waals surface area contributed by atoms with E-state index in [0.29, 0.717) is 16.7 Å². The molecule has 2 heterocycles. The highest BCUT2D eigenvalue weighted by Gasteiger charge is 2.25. The van der Waals surface area contributed by atoms with Gasteiger partial charge in [0.1, 0.15) is 17.3 Å². The van der Waals surface area contributed by atoms with Crippen LogP contribution in [0.4, 0.5) is 10.2 Å². The van der Waals surface area contributed by atoms with Gasteiger partial charge in [-0.05, 0) is 42.4 Å². The van der Waals surface area contributed by atoms with Gasteiger partial charge in [0, 0.05) is 18.7 Å². The van der Waals surface area contributed by atoms with Crippen molar-refractivity contribution < 1.29 is 4.39 Å². The fraction of sp³-hybridized carbons (Fsp3) is 0.368. The fourth-order valence-corrected chi connectivity index (χ4v) is 2.59. The van der Waals surface area contributed by atoms with Crippen molar-refractivity contribution in [3.8, 4) is 11.8 Å². The third-order valence-electron chi connectivity index (χ3n) is 4.24. The molecule has 0 N–H and O–H groups in total. The van der Waals surface area contributed by atoms with Crippen LogP contribution in [-0.4, -0.2) is 23.1 Å². The van der Waals surface area contributed by atoms with E-state index in [1.165, 1.54) is 12.1 Å². The second kappa shape index (κ2) is 6.37. The Balaban J connectivity index is 1.69. The standard InChI is InChI=1S/C19H20FN3/c1-19(2)8-10-23(11-9-19)18-14-21-17(13-22-18)7-6-15-4-3-5-16(20)12-15/h3-5,12-14H,8-11H2,1-2H3. The zero-order valence-electron chi connectivity index (χ0n) is 13.5. The maximum atomic E-state index is 13.1. The van der Waals surface area contributed by atoms with Crippen molar-refractivity contribution in [3.05, 3.63) is 53.7 Å². The van der Waals surface area contributed by atoms with E-state index in [4.69, 9.17) is 0 Å². The predicted octanol–water partition coefficient (Wildman–Crippen LogP) is 3.64. The summed E-state index contributed by atoms with van der Waals surface area (Å²) in [6, 6.07) is 6.23. The van der Waals surface area contributed by atoms with Gasteiger partial charge in [0.05, 0.1) is 12.4 Å². The molecule has 1 aromatic heterocycles. The third-order valence-corrected chi connectivity index (χ3v) is 4.24. The summed E-state index contributed by atoms with van der Waals surface area (Å²) in [7, 11) is 0. The molecule has 0 atom stereocenters. The van der Waals surface area contributed by atoms with E-state index in [1.807, 2.05) is 0 Å². The van der Waals surface area contributed by atoms with Gasteiger partial charge in [0.15, 0.2) is 0 Å². The second-order valence-corrected chi connectivity index (χ2v) is 6.67. The minimum atomic E-state index is -0.286. The van der Waals surface area contributed by atoms with Gasteiger partial charge in [-0.1, -0.05) is 25.8 Å². The van der Waals surface area contributed by atoms with Crippen molar-refractivity contribution in [1.29, 1.82) is 0 Å². The maximum absolute atomic E-state index is 13.1. The van der Waals surface area contributed by atoms with Crippen LogP contribution >= 0.6 is 0 Å². The molecule has 2 aromatic rings. The quantitative estimate of drug-likeness (QED) is 0.753. The van der Waals surface area contributed by atoms with Crippen molar-refractivity contribution in [1.82, 2.24) is 9.97 Å². The molecule has 3 rings (SSSR count). The van der Waals surface area contributed by atoms with Gasteiger partial charge in [0.2, 0.25) is 0 Å². The number of anilines is 1. The first-order valence-corrected chi connectivity index (χ1v) is 7.86. The molecule has 0 radical (unpaired) electrons. The lowest BCUT2D eigenvalue weighted by molar-refractivity contribution is 0.279. The largest absolute Gasteiger partial charge is 0.355 e. The number of nitrogens with zero attached hydrogens (tertiary/aromatic N) is 3. The lowest BCUT2D eigenvalue weighted by atomic mass is 9.83. The van der Waals surface area contributed by atoms with Gasteiger partial charge < -0.3 is 4.90 Å². The van der Waals surface area contributed by atoms with E-state index in [-0.39, 0.29) is 5.82 Å². The van der Waals surface area contributed by atoms with Crippen LogP contribution in [0.5, 0.6) is 0 Å². The molecule has 1 aliphatic rings. The first kappa shape index (κ1) is 15.5. The van der Waals surface area contributed by atoms with Crippen LogP contribution in [0.15, 0.2) is 36.7 Å². The molecule has 118 valence electrons. The average Bonchev–Trinajstić information content (AvgIpc) is 2.54. The molecule has 0 unspecified atom stereocenters. The first-order valence-electron chi connectivity index (χ1n) is 7.86. The highest BCUT2D eigenvalue weighted by Crippen LogP contribution is 2.31. The Kier molecular flexibility index (Phi) is 4.29. The van der Waals surface area contributed by atoms with Gasteiger partial charge in [-0.2, -0.15) is 0 Å². The van der Waals surface area contributed by atoms with Crippen molar-refractivity contribution in [2.45, 2.75) is 26.7 Å². The summed E-state index contributed by atoms with van der Waals surface area (Å²) in [5, 5.41) is 0. The van der Waals surface area contributed by atoms with Crippen LogP contribution in [-0.2, 0) is 0 Å². The SMILES string of the molecule is CC1(C)CCN(c2cnc(C#Cc3cccc(F)c3)cn2)CC1. The number of aromatic nitrogens is 2. The topological polar surface area (TPSA) is 29.0 Å². The van der Waals surface area contributed by atoms with Crippen LogP contribution in [0.1, 0.15) is 37.9 Å². The Labute approximate surface area is 136 Å². The predicted molar refractivity (Wildman–Crippen MR) is 89.6 cm³/mol. The molecule has 0 aliphatic carbocycles. The fourth-order valence-electron chi connectivity index (χ4n) is 2.59. The Hall–Kier alpha value is -2.41. The van der Waals surface area contributed by atoms with E-state index in [9.17, 15) is 4.39 Å². The summed E-state index contributed by atoms with van der Waals surface area (Å²) in [6.45, 7) is 6.63. The number of benzene rings is 1. The maximum Gasteiger partial charge on any atom is 0.147 e. The van der Waals surface area contributed by atoms with E-state index in [2.05, 4.69) is 40.6 Å². The number of rotatable bonds is 1. The lowest BCUT2D eigenvalue weighted by Gasteiger charge is -2.37. The van der Waals surface area contributed by atoms with Crippen LogP contribution in [0.25, 0.3) is 0 Å². The first-order chi connectivity index (χ1) is 11.0. The molecule has 1 aromatic carbocycles. The Morgan fingerprint density at radius 1 is 1.09 bits per heavy atom. The van der Waals surface area contributed by atoms with Crippen LogP contribution in [0.3, 0.4) is 0 Å². The molecule has 4 heteroatoms. The zero-order chi connectivity index (χ0) is 16.3. The summed E-state index contributed by atoms with van der Waals surface area (Å²) in [5.41, 5.74) is 1.64. The second-order valence-electron chi connectivity index (χ2n) is 6.67. The smallest absolute Gasteiger partial charge is 0.147 e. The monoisotopic (exact) mass is 309 g/mol. The summed E-state index contributed by atoms with van der Waals surface area (Å²) in [5.74, 6) is 6.44. The molecule has 0 bridgehead atoms. The van der Waals surface area contributed by atoms with Gasteiger partial charge in [-0.25, -0.2) is 14.4 Å². The molecule has 1 aliphatic heterocycles. The molecular weight excluding hydrogens is 289 g/mol. The minimum Gasteiger partial charge on any atom is -0.355 e. The van der Waals surface area contributed by atoms with Gasteiger partial charge in [-0.3, -0.25) is 0 Å². The van der Waals surface area contributed by atoms with E-state index in [0.717, 1.165) is 31.7 Å². The summed E-state index contributed by atoms with van der Waals surface area (Å²) in [6.07, 6.45) is 5.78. The van der Waals surface area contributed by atoms with Crippen molar-refractivity contribution in [2.75, 3.05) is 18.0 Å². The Bertz CT molecular complexity index is 731. The lowest BCUT2D eigenvalue weighted by Crippen LogP contribution is -2.37. The highest BCUT2D eigenvalue weighted by atomic mass is 19.1. The summed E-state index contributed by atoms with van der Waals surface area (Å²) < 4.78 is 13.1. The van der Waals surface area contributed by atoms with E-state index in [1.54, 1.807) is 24.5 Å². The van der Waals surface area contributed by atoms with E-state index >= 15 is 0 Å². The molecule has 3 nitrogen and oxygen atoms in total. The normalized spacial score (nSPS) is 16.6. The van der Waals surface area contributed by atoms with Gasteiger partial charge in [0.25, 0.3) is 0 Å². The highest BCUT2D eigenvalue weighted by molar-refractivity contribution is 5.42. The molecule has 0 saturated carbocycles. The molecule has 0 amide bonds. The molecular formula is C19H20FN3. The molecule has 23 heavy (non-hydrogen) atoms. The van der Waals surface area contributed by atoms with Gasteiger partial charge in [-0.15, -0.1) is 0 Å². The number of hydrogen-bond acceptors (Lipinski definition) is 3. The zero-order valence-corrected chi connectivity index (χ0v) is 13.5. The average molecular weight is 309 g/mol. The number of hydrogen-bond donors (Lipinski definition) is 0. The van der Waals surface area contributed by atoms with Gasteiger partial charge >= 0.3 is 0 Å². The minimum absolute atomic E-state index is 0.286. The third kappa shape index (κ3) is 4.07. The number of piperidine rings is 1. The van der Waals surface area contributed by atoms with Crippen LogP contribution in [0.2, 0.25) is 0 Å². The summed E-state index contributed by atoms with van der Waals surface area (Å²) in [4.78, 5) is 11.1. The van der Waals surface area contributed by atoms with Crippen LogP contribution < -0.4 is 4.90 Å². The van der Waals surface area contributed by atoms with Crippen LogP contribution in [0, 0.1) is 23.1 Å². The summed E-state index contributed by atoms with van der Waals surface area (Å²) >= 11 is 0. The van der Waals surface area contributed by atoms with Crippen molar-refractivity contribution >= 4 is 5.82 Å². The molecule has 1 saturated heterocycles. The van der Waals surface area contributed by atoms with Crippen molar-refractivity contribution in [2.24, 2.45) is 5.41 Å². The molecule has 0 spiro atoms.